The number of carbonyl (C=O) groups is 1. The second kappa shape index (κ2) is 3.16. The maximum atomic E-state index is 10.9. The molecular weight excluding hydrogens is 166 g/mol. The topological polar surface area (TPSA) is 20.3 Å². The van der Waals surface area contributed by atoms with Crippen LogP contribution in [0.5, 0.6) is 0 Å². The normalized spacial score (nSPS) is 17.6. The molecule has 1 fully saturated rings. The summed E-state index contributed by atoms with van der Waals surface area (Å²) in [5, 5.41) is 0. The van der Waals surface area contributed by atoms with E-state index < -0.39 is 0 Å². The van der Waals surface area contributed by atoms with E-state index in [1.807, 2.05) is 0 Å². The summed E-state index contributed by atoms with van der Waals surface area (Å²) >= 11 is 6.44. The highest BCUT2D eigenvalue weighted by Crippen LogP contribution is 2.17. The third-order valence-corrected chi connectivity index (χ3v) is 2.63. The van der Waals surface area contributed by atoms with Crippen molar-refractivity contribution in [3.8, 4) is 0 Å². The largest absolute Gasteiger partial charge is 0.293 e. The number of nitrogens with zero attached hydrogens (tertiary/aromatic N) is 1. The summed E-state index contributed by atoms with van der Waals surface area (Å²) in [5.74, 6) is 0.827. The van der Waals surface area contributed by atoms with E-state index in [-0.39, 0.29) is 5.91 Å². The van der Waals surface area contributed by atoms with E-state index >= 15 is 0 Å². The molecule has 0 radical (unpaired) electrons. The first-order valence-electron chi connectivity index (χ1n) is 2.86. The summed E-state index contributed by atoms with van der Waals surface area (Å²) in [5.41, 5.74) is 0. The number of hydrogen-bond acceptors (Lipinski definition) is 3. The van der Waals surface area contributed by atoms with Crippen LogP contribution in [0.15, 0.2) is 12.7 Å². The summed E-state index contributed by atoms with van der Waals surface area (Å²) in [7, 11) is 0. The average Bonchev–Trinajstić information content (AvgIpc) is 2.34. The van der Waals surface area contributed by atoms with Crippen molar-refractivity contribution in [1.29, 1.82) is 0 Å². The van der Waals surface area contributed by atoms with Crippen LogP contribution in [0.4, 0.5) is 0 Å². The number of thioether (sulfide) groups is 1. The van der Waals surface area contributed by atoms with Gasteiger partial charge in [0.05, 0.1) is 0 Å². The smallest absolute Gasteiger partial charge is 0.251 e. The Kier molecular flexibility index (Phi) is 2.45. The molecule has 0 aromatic carbocycles. The van der Waals surface area contributed by atoms with Crippen molar-refractivity contribution in [3.05, 3.63) is 12.7 Å². The van der Waals surface area contributed by atoms with Gasteiger partial charge in [0, 0.05) is 12.3 Å². The number of amides is 1. The first-order valence-corrected chi connectivity index (χ1v) is 4.26. The van der Waals surface area contributed by atoms with Gasteiger partial charge in [-0.3, -0.25) is 9.69 Å². The number of thiocarbonyl (C=S) groups is 1. The third kappa shape index (κ3) is 1.38. The van der Waals surface area contributed by atoms with E-state index in [4.69, 9.17) is 12.2 Å². The maximum Gasteiger partial charge on any atom is 0.251 e. The van der Waals surface area contributed by atoms with E-state index in [1.165, 1.54) is 17.8 Å². The number of rotatable bonds is 1. The molecule has 1 heterocycles. The lowest BCUT2D eigenvalue weighted by Crippen LogP contribution is -2.28. The Balaban J connectivity index is 2.63. The lowest BCUT2D eigenvalue weighted by molar-refractivity contribution is -0.121. The molecule has 1 aliphatic heterocycles. The fourth-order valence-electron chi connectivity index (χ4n) is 0.704. The highest BCUT2D eigenvalue weighted by atomic mass is 32.2. The molecule has 1 saturated heterocycles. The molecule has 54 valence electrons. The Bertz CT molecular complexity index is 190. The standard InChI is InChI=1S/C6H7NOS2/c1-2-5(8)7-3-4-10-6(7)9/h2H,1,3-4H2. The van der Waals surface area contributed by atoms with Crippen LogP contribution in [0, 0.1) is 0 Å². The fourth-order valence-corrected chi connectivity index (χ4v) is 1.92. The Morgan fingerprint density at radius 2 is 2.60 bits per heavy atom. The van der Waals surface area contributed by atoms with E-state index in [9.17, 15) is 4.79 Å². The summed E-state index contributed by atoms with van der Waals surface area (Å²) in [6, 6.07) is 0. The molecule has 0 N–H and O–H groups in total. The van der Waals surface area contributed by atoms with Gasteiger partial charge >= 0.3 is 0 Å². The minimum absolute atomic E-state index is 0.0880. The number of carbonyl (C=O) groups excluding carboxylic acids is 1. The van der Waals surface area contributed by atoms with Crippen LogP contribution in [0.1, 0.15) is 0 Å². The van der Waals surface area contributed by atoms with Crippen molar-refractivity contribution in [2.75, 3.05) is 12.3 Å². The first kappa shape index (κ1) is 7.75. The predicted octanol–water partition coefficient (Wildman–Crippen LogP) is 1.03. The van der Waals surface area contributed by atoms with Gasteiger partial charge in [0.15, 0.2) is 0 Å². The van der Waals surface area contributed by atoms with Crippen molar-refractivity contribution >= 4 is 34.2 Å². The molecule has 0 bridgehead atoms. The lowest BCUT2D eigenvalue weighted by Gasteiger charge is -2.10. The van der Waals surface area contributed by atoms with Gasteiger partial charge in [-0.2, -0.15) is 0 Å². The van der Waals surface area contributed by atoms with Crippen LogP contribution in [-0.2, 0) is 4.79 Å². The van der Waals surface area contributed by atoms with E-state index in [2.05, 4.69) is 6.58 Å². The van der Waals surface area contributed by atoms with Crippen molar-refractivity contribution < 1.29 is 4.79 Å². The van der Waals surface area contributed by atoms with E-state index in [0.29, 0.717) is 4.32 Å². The van der Waals surface area contributed by atoms with Crippen molar-refractivity contribution in [2.24, 2.45) is 0 Å². The molecule has 0 atom stereocenters. The zero-order valence-electron chi connectivity index (χ0n) is 5.37. The monoisotopic (exact) mass is 173 g/mol. The molecule has 0 aromatic rings. The van der Waals surface area contributed by atoms with Gasteiger partial charge in [-0.05, 0) is 6.08 Å². The first-order chi connectivity index (χ1) is 4.75. The molecule has 2 nitrogen and oxygen atoms in total. The summed E-state index contributed by atoms with van der Waals surface area (Å²) in [6.45, 7) is 4.11. The van der Waals surface area contributed by atoms with Crippen molar-refractivity contribution in [3.63, 3.8) is 0 Å². The van der Waals surface area contributed by atoms with Crippen LogP contribution in [0.2, 0.25) is 0 Å². The minimum Gasteiger partial charge on any atom is -0.293 e. The summed E-state index contributed by atoms with van der Waals surface area (Å²) < 4.78 is 0.671. The zero-order valence-corrected chi connectivity index (χ0v) is 7.00. The molecule has 4 heteroatoms. The van der Waals surface area contributed by atoms with Crippen LogP contribution >= 0.6 is 24.0 Å². The second-order valence-electron chi connectivity index (χ2n) is 1.81. The quantitative estimate of drug-likeness (QED) is 0.436. The van der Waals surface area contributed by atoms with Crippen LogP contribution < -0.4 is 0 Å². The molecule has 1 aliphatic rings. The number of hydrogen-bond donors (Lipinski definition) is 0. The SMILES string of the molecule is C=CC(=O)N1CCSC1=S. The second-order valence-corrected chi connectivity index (χ2v) is 3.54. The average molecular weight is 173 g/mol. The van der Waals surface area contributed by atoms with Gasteiger partial charge in [0.25, 0.3) is 5.91 Å². The van der Waals surface area contributed by atoms with Gasteiger partial charge in [-0.25, -0.2) is 0 Å². The van der Waals surface area contributed by atoms with Gasteiger partial charge in [-0.15, -0.1) is 0 Å². The van der Waals surface area contributed by atoms with Crippen LogP contribution in [0.3, 0.4) is 0 Å². The zero-order chi connectivity index (χ0) is 7.56. The Morgan fingerprint density at radius 3 is 3.00 bits per heavy atom. The molecule has 10 heavy (non-hydrogen) atoms. The summed E-state index contributed by atoms with van der Waals surface area (Å²) in [6.07, 6.45) is 1.29. The lowest BCUT2D eigenvalue weighted by atomic mass is 10.5. The van der Waals surface area contributed by atoms with Gasteiger partial charge in [0.2, 0.25) is 0 Å². The molecular formula is C6H7NOS2. The van der Waals surface area contributed by atoms with Crippen LogP contribution in [-0.4, -0.2) is 27.4 Å². The molecule has 1 rings (SSSR count). The van der Waals surface area contributed by atoms with E-state index in [1.54, 1.807) is 4.90 Å². The Hall–Kier alpha value is -0.350. The molecule has 0 aromatic heterocycles. The third-order valence-electron chi connectivity index (χ3n) is 1.20. The van der Waals surface area contributed by atoms with Gasteiger partial charge in [0.1, 0.15) is 4.32 Å². The van der Waals surface area contributed by atoms with Crippen molar-refractivity contribution in [1.82, 2.24) is 4.90 Å². The van der Waals surface area contributed by atoms with Gasteiger partial charge in [-0.1, -0.05) is 30.6 Å². The Morgan fingerprint density at radius 1 is 1.90 bits per heavy atom. The fraction of sp³-hybridized carbons (Fsp3) is 0.333. The Labute approximate surface area is 69.3 Å². The minimum atomic E-state index is -0.0880. The molecule has 1 amide bonds. The molecule has 0 unspecified atom stereocenters. The van der Waals surface area contributed by atoms with Crippen LogP contribution in [0.25, 0.3) is 0 Å². The highest BCUT2D eigenvalue weighted by molar-refractivity contribution is 8.23. The highest BCUT2D eigenvalue weighted by Gasteiger charge is 2.21. The molecule has 0 aliphatic carbocycles. The maximum absolute atomic E-state index is 10.9. The molecule has 0 saturated carbocycles. The summed E-state index contributed by atoms with van der Waals surface area (Å²) in [4.78, 5) is 12.5. The van der Waals surface area contributed by atoms with E-state index in [0.717, 1.165) is 12.3 Å². The molecule has 0 spiro atoms. The predicted molar refractivity (Wildman–Crippen MR) is 47.0 cm³/mol. The van der Waals surface area contributed by atoms with Gasteiger partial charge < -0.3 is 0 Å². The van der Waals surface area contributed by atoms with Crippen molar-refractivity contribution in [2.45, 2.75) is 0 Å².